The molecular formula is C15H13N3O3S. The summed E-state index contributed by atoms with van der Waals surface area (Å²) in [5, 5.41) is 7.57. The fraction of sp³-hybridized carbons (Fsp3) is 0.0667. The number of H-pyrrole nitrogens is 1. The normalized spacial score (nSPS) is 11.5. The number of anilines is 1. The number of aromatic nitrogens is 2. The third-order valence-corrected chi connectivity index (χ3v) is 4.66. The molecule has 6 nitrogen and oxygen atoms in total. The van der Waals surface area contributed by atoms with Gasteiger partial charge in [-0.3, -0.25) is 14.6 Å². The summed E-state index contributed by atoms with van der Waals surface area (Å²) in [5.74, 6) is -0.110. The van der Waals surface area contributed by atoms with Gasteiger partial charge in [0, 0.05) is 10.9 Å². The van der Waals surface area contributed by atoms with Gasteiger partial charge in [0.2, 0.25) is 0 Å². The number of carbonyl (C=O) groups is 1. The van der Waals surface area contributed by atoms with Crippen LogP contribution < -0.4 is 4.72 Å². The highest BCUT2D eigenvalue weighted by molar-refractivity contribution is 7.92. The van der Waals surface area contributed by atoms with Gasteiger partial charge in [0.1, 0.15) is 0 Å². The fourth-order valence-electron chi connectivity index (χ4n) is 2.08. The number of carbonyl (C=O) groups excluding carboxylic acids is 1. The molecule has 0 atom stereocenters. The molecule has 112 valence electrons. The van der Waals surface area contributed by atoms with Crippen molar-refractivity contribution in [2.75, 3.05) is 4.72 Å². The van der Waals surface area contributed by atoms with Crippen LogP contribution in [0.3, 0.4) is 0 Å². The van der Waals surface area contributed by atoms with Crippen LogP contribution in [-0.4, -0.2) is 24.4 Å². The van der Waals surface area contributed by atoms with E-state index in [4.69, 9.17) is 0 Å². The topological polar surface area (TPSA) is 91.9 Å². The zero-order valence-corrected chi connectivity index (χ0v) is 12.5. The number of nitrogens with one attached hydrogen (secondary N) is 2. The zero-order valence-electron chi connectivity index (χ0n) is 11.7. The largest absolute Gasteiger partial charge is 0.295 e. The average Bonchev–Trinajstić information content (AvgIpc) is 2.94. The first-order valence-electron chi connectivity index (χ1n) is 6.53. The standard InChI is InChI=1S/C15H13N3O3S/c1-10(19)11-3-6-14(7-4-11)22(20,21)18-13-5-2-12-9-16-17-15(12)8-13/h2-9,18H,1H3,(H,16,17). The maximum atomic E-state index is 12.3. The van der Waals surface area contributed by atoms with E-state index in [-0.39, 0.29) is 10.7 Å². The van der Waals surface area contributed by atoms with Crippen molar-refractivity contribution in [1.29, 1.82) is 0 Å². The second-order valence-corrected chi connectivity index (χ2v) is 6.54. The van der Waals surface area contributed by atoms with Crippen LogP contribution in [-0.2, 0) is 10.0 Å². The fourth-order valence-corrected chi connectivity index (χ4v) is 3.13. The Bertz CT molecular complexity index is 944. The minimum Gasteiger partial charge on any atom is -0.295 e. The van der Waals surface area contributed by atoms with Crippen LogP contribution in [0.1, 0.15) is 17.3 Å². The molecule has 2 N–H and O–H groups in total. The minimum atomic E-state index is -3.70. The van der Waals surface area contributed by atoms with Crippen LogP contribution in [0.5, 0.6) is 0 Å². The number of hydrogen-bond acceptors (Lipinski definition) is 4. The molecule has 0 amide bonds. The van der Waals surface area contributed by atoms with Crippen molar-refractivity contribution >= 4 is 32.4 Å². The van der Waals surface area contributed by atoms with Gasteiger partial charge in [0.05, 0.1) is 22.3 Å². The number of hydrogen-bond donors (Lipinski definition) is 2. The maximum absolute atomic E-state index is 12.3. The molecule has 7 heteroatoms. The van der Waals surface area contributed by atoms with Crippen LogP contribution in [0.2, 0.25) is 0 Å². The zero-order chi connectivity index (χ0) is 15.7. The average molecular weight is 315 g/mol. The third kappa shape index (κ3) is 2.71. The summed E-state index contributed by atoms with van der Waals surface area (Å²) >= 11 is 0. The molecule has 0 unspecified atom stereocenters. The molecule has 1 aromatic heterocycles. The summed E-state index contributed by atoms with van der Waals surface area (Å²) in [7, 11) is -3.70. The van der Waals surface area contributed by atoms with E-state index in [9.17, 15) is 13.2 Å². The SMILES string of the molecule is CC(=O)c1ccc(S(=O)(=O)Nc2ccc3cn[nH]c3c2)cc1. The van der Waals surface area contributed by atoms with Gasteiger partial charge in [-0.05, 0) is 37.3 Å². The van der Waals surface area contributed by atoms with Gasteiger partial charge < -0.3 is 0 Å². The highest BCUT2D eigenvalue weighted by Crippen LogP contribution is 2.20. The van der Waals surface area contributed by atoms with Crippen molar-refractivity contribution in [2.24, 2.45) is 0 Å². The maximum Gasteiger partial charge on any atom is 0.261 e. The first-order valence-corrected chi connectivity index (χ1v) is 8.01. The van der Waals surface area contributed by atoms with Crippen LogP contribution in [0, 0.1) is 0 Å². The monoisotopic (exact) mass is 315 g/mol. The molecule has 0 aliphatic carbocycles. The molecule has 2 aromatic carbocycles. The number of fused-ring (bicyclic) bond motifs is 1. The van der Waals surface area contributed by atoms with Crippen molar-refractivity contribution in [3.63, 3.8) is 0 Å². The van der Waals surface area contributed by atoms with E-state index in [1.54, 1.807) is 24.4 Å². The van der Waals surface area contributed by atoms with Gasteiger partial charge >= 0.3 is 0 Å². The second kappa shape index (κ2) is 5.27. The molecule has 3 aromatic rings. The molecular weight excluding hydrogens is 302 g/mol. The molecule has 0 aliphatic heterocycles. The number of nitrogens with zero attached hydrogens (tertiary/aromatic N) is 1. The van der Waals surface area contributed by atoms with Crippen LogP contribution in [0.15, 0.2) is 53.6 Å². The molecule has 0 spiro atoms. The summed E-state index contributed by atoms with van der Waals surface area (Å²) in [4.78, 5) is 11.3. The Morgan fingerprint density at radius 2 is 1.86 bits per heavy atom. The van der Waals surface area contributed by atoms with Gasteiger partial charge in [0.25, 0.3) is 10.0 Å². The van der Waals surface area contributed by atoms with E-state index >= 15 is 0 Å². The Morgan fingerprint density at radius 1 is 1.14 bits per heavy atom. The Hall–Kier alpha value is -2.67. The van der Waals surface area contributed by atoms with Crippen molar-refractivity contribution in [2.45, 2.75) is 11.8 Å². The molecule has 3 rings (SSSR count). The lowest BCUT2D eigenvalue weighted by Gasteiger charge is -2.08. The lowest BCUT2D eigenvalue weighted by Crippen LogP contribution is -2.13. The van der Waals surface area contributed by atoms with Gasteiger partial charge in [0.15, 0.2) is 5.78 Å². The molecule has 1 heterocycles. The van der Waals surface area contributed by atoms with Crippen LogP contribution in [0.25, 0.3) is 10.9 Å². The van der Waals surface area contributed by atoms with Gasteiger partial charge in [-0.2, -0.15) is 5.10 Å². The first kappa shape index (κ1) is 14.3. The summed E-state index contributed by atoms with van der Waals surface area (Å²) in [5.41, 5.74) is 1.65. The quantitative estimate of drug-likeness (QED) is 0.724. The van der Waals surface area contributed by atoms with E-state index < -0.39 is 10.0 Å². The lowest BCUT2D eigenvalue weighted by molar-refractivity contribution is 0.101. The van der Waals surface area contributed by atoms with Crippen molar-refractivity contribution < 1.29 is 13.2 Å². The predicted molar refractivity (Wildman–Crippen MR) is 83.3 cm³/mol. The minimum absolute atomic E-state index is 0.0993. The molecule has 0 fully saturated rings. The summed E-state index contributed by atoms with van der Waals surface area (Å²) in [6, 6.07) is 10.9. The van der Waals surface area contributed by atoms with Gasteiger partial charge in [-0.25, -0.2) is 8.42 Å². The van der Waals surface area contributed by atoms with Crippen molar-refractivity contribution in [3.05, 3.63) is 54.2 Å². The first-order chi connectivity index (χ1) is 10.5. The highest BCUT2D eigenvalue weighted by atomic mass is 32.2. The lowest BCUT2D eigenvalue weighted by atomic mass is 10.2. The number of sulfonamides is 1. The molecule has 22 heavy (non-hydrogen) atoms. The summed E-state index contributed by atoms with van der Waals surface area (Å²) in [6.45, 7) is 1.43. The van der Waals surface area contributed by atoms with Crippen molar-refractivity contribution in [1.82, 2.24) is 10.2 Å². The van der Waals surface area contributed by atoms with Gasteiger partial charge in [-0.15, -0.1) is 0 Å². The van der Waals surface area contributed by atoms with E-state index in [1.807, 2.05) is 0 Å². The smallest absolute Gasteiger partial charge is 0.261 e. The number of rotatable bonds is 4. The van der Waals surface area contributed by atoms with E-state index in [2.05, 4.69) is 14.9 Å². The Kier molecular flexibility index (Phi) is 3.42. The Balaban J connectivity index is 1.90. The second-order valence-electron chi connectivity index (χ2n) is 4.86. The molecule has 0 saturated heterocycles. The molecule has 0 saturated carbocycles. The van der Waals surface area contributed by atoms with E-state index in [0.717, 1.165) is 10.9 Å². The van der Waals surface area contributed by atoms with Gasteiger partial charge in [-0.1, -0.05) is 12.1 Å². The Morgan fingerprint density at radius 3 is 2.55 bits per heavy atom. The molecule has 0 radical (unpaired) electrons. The Labute approximate surface area is 127 Å². The predicted octanol–water partition coefficient (Wildman–Crippen LogP) is 2.57. The number of benzene rings is 2. The van der Waals surface area contributed by atoms with Crippen LogP contribution >= 0.6 is 0 Å². The summed E-state index contributed by atoms with van der Waals surface area (Å²) < 4.78 is 27.2. The third-order valence-electron chi connectivity index (χ3n) is 3.27. The summed E-state index contributed by atoms with van der Waals surface area (Å²) in [6.07, 6.45) is 1.66. The highest BCUT2D eigenvalue weighted by Gasteiger charge is 2.15. The number of Topliss-reactive ketones (excluding diaryl/α,β-unsaturated/α-hetero) is 1. The number of ketones is 1. The molecule has 0 aliphatic rings. The van der Waals surface area contributed by atoms with E-state index in [1.165, 1.54) is 31.2 Å². The van der Waals surface area contributed by atoms with Crippen molar-refractivity contribution in [3.8, 4) is 0 Å². The van der Waals surface area contributed by atoms with Crippen LogP contribution in [0.4, 0.5) is 5.69 Å². The number of aromatic amines is 1. The van der Waals surface area contributed by atoms with E-state index in [0.29, 0.717) is 11.3 Å². The molecule has 0 bridgehead atoms.